The van der Waals surface area contributed by atoms with E-state index in [1.54, 1.807) is 24.3 Å². The molecule has 2 aromatic rings. The van der Waals surface area contributed by atoms with Crippen molar-refractivity contribution in [3.8, 4) is 11.5 Å². The zero-order chi connectivity index (χ0) is 17.6. The van der Waals surface area contributed by atoms with Crippen molar-refractivity contribution >= 4 is 27.8 Å². The number of fused-ring (bicyclic) bond motifs is 1. The number of amides is 1. The lowest BCUT2D eigenvalue weighted by Crippen LogP contribution is -2.42. The van der Waals surface area contributed by atoms with E-state index in [1.807, 2.05) is 24.3 Å². The smallest absolute Gasteiger partial charge is 0.338 e. The number of halogens is 1. The molecule has 1 N–H and O–H groups in total. The fourth-order valence-corrected chi connectivity index (χ4v) is 2.67. The molecule has 0 bridgehead atoms. The fraction of sp³-hybridized carbons (Fsp3) is 0.222. The van der Waals surface area contributed by atoms with E-state index in [0.29, 0.717) is 23.7 Å². The van der Waals surface area contributed by atoms with Gasteiger partial charge >= 0.3 is 5.97 Å². The van der Waals surface area contributed by atoms with Crippen LogP contribution in [0.3, 0.4) is 0 Å². The van der Waals surface area contributed by atoms with E-state index in [2.05, 4.69) is 21.2 Å². The van der Waals surface area contributed by atoms with E-state index >= 15 is 0 Å². The van der Waals surface area contributed by atoms with Crippen LogP contribution in [0.1, 0.15) is 10.4 Å². The van der Waals surface area contributed by atoms with Gasteiger partial charge in [0, 0.05) is 4.47 Å². The molecule has 0 saturated carbocycles. The third kappa shape index (κ3) is 4.73. The topological polar surface area (TPSA) is 73.9 Å². The van der Waals surface area contributed by atoms with Gasteiger partial charge in [-0.15, -0.1) is 0 Å². The first-order valence-electron chi connectivity index (χ1n) is 7.69. The minimum absolute atomic E-state index is 0.265. The van der Waals surface area contributed by atoms with E-state index in [0.717, 1.165) is 4.47 Å². The zero-order valence-corrected chi connectivity index (χ0v) is 14.8. The number of hydrogen-bond acceptors (Lipinski definition) is 5. The molecule has 2 aromatic carbocycles. The van der Waals surface area contributed by atoms with Gasteiger partial charge in [-0.2, -0.15) is 0 Å². The number of carbonyl (C=O) groups excluding carboxylic acids is 2. The summed E-state index contributed by atoms with van der Waals surface area (Å²) >= 11 is 3.28. The molecule has 1 aliphatic rings. The van der Waals surface area contributed by atoms with Crippen LogP contribution in [0, 0.1) is 0 Å². The predicted molar refractivity (Wildman–Crippen MR) is 93.8 cm³/mol. The van der Waals surface area contributed by atoms with Gasteiger partial charge in [0.1, 0.15) is 12.7 Å². The van der Waals surface area contributed by atoms with Crippen LogP contribution in [0.2, 0.25) is 0 Å². The molecule has 0 fully saturated rings. The monoisotopic (exact) mass is 405 g/mol. The lowest BCUT2D eigenvalue weighted by Gasteiger charge is -2.26. The van der Waals surface area contributed by atoms with Crippen LogP contribution in [0.4, 0.5) is 0 Å². The maximum Gasteiger partial charge on any atom is 0.338 e. The Morgan fingerprint density at radius 2 is 1.96 bits per heavy atom. The van der Waals surface area contributed by atoms with Crippen LogP contribution in [0.25, 0.3) is 0 Å². The van der Waals surface area contributed by atoms with Gasteiger partial charge in [-0.3, -0.25) is 4.79 Å². The molecule has 0 aromatic heterocycles. The lowest BCUT2D eigenvalue weighted by molar-refractivity contribution is -0.124. The Morgan fingerprint density at radius 1 is 1.16 bits per heavy atom. The average Bonchev–Trinajstić information content (AvgIpc) is 2.64. The summed E-state index contributed by atoms with van der Waals surface area (Å²) in [6.07, 6.45) is -0.292. The highest BCUT2D eigenvalue weighted by atomic mass is 79.9. The van der Waals surface area contributed by atoms with Crippen molar-refractivity contribution in [3.05, 3.63) is 58.6 Å². The summed E-state index contributed by atoms with van der Waals surface area (Å²) in [7, 11) is 0. The Kier molecular flexibility index (Phi) is 5.55. The summed E-state index contributed by atoms with van der Waals surface area (Å²) in [5.74, 6) is 0.385. The molecule has 130 valence electrons. The number of rotatable bonds is 5. The Bertz CT molecular complexity index is 780. The van der Waals surface area contributed by atoms with Crippen LogP contribution in [0.5, 0.6) is 11.5 Å². The number of ether oxygens (including phenoxy) is 3. The first-order valence-corrected chi connectivity index (χ1v) is 8.49. The molecule has 0 spiro atoms. The average molecular weight is 406 g/mol. The number of carbonyl (C=O) groups is 2. The molecule has 6 nitrogen and oxygen atoms in total. The molecule has 1 heterocycles. The highest BCUT2D eigenvalue weighted by Gasteiger charge is 2.21. The van der Waals surface area contributed by atoms with Gasteiger partial charge < -0.3 is 19.5 Å². The third-order valence-corrected chi connectivity index (χ3v) is 3.98. The molecular formula is C18H16BrNO5. The number of esters is 1. The summed E-state index contributed by atoms with van der Waals surface area (Å²) in [4.78, 5) is 23.7. The standard InChI is InChI=1S/C18H16BrNO5/c19-13-5-3-4-12(8-13)18(22)24-11-17(21)20-9-14-10-23-15-6-1-2-7-16(15)25-14/h1-8,14H,9-11H2,(H,20,21)/t14-/m1/s1. The van der Waals surface area contributed by atoms with E-state index < -0.39 is 11.9 Å². The van der Waals surface area contributed by atoms with E-state index in [-0.39, 0.29) is 19.3 Å². The van der Waals surface area contributed by atoms with Crippen LogP contribution in [-0.4, -0.2) is 37.7 Å². The first kappa shape index (κ1) is 17.3. The van der Waals surface area contributed by atoms with Gasteiger partial charge in [0.25, 0.3) is 5.91 Å². The predicted octanol–water partition coefficient (Wildman–Crippen LogP) is 2.56. The van der Waals surface area contributed by atoms with Crippen molar-refractivity contribution in [2.24, 2.45) is 0 Å². The Labute approximate surface area is 153 Å². The minimum Gasteiger partial charge on any atom is -0.486 e. The molecule has 1 amide bonds. The maximum atomic E-state index is 11.9. The highest BCUT2D eigenvalue weighted by Crippen LogP contribution is 2.30. The molecule has 0 unspecified atom stereocenters. The van der Waals surface area contributed by atoms with Crippen molar-refractivity contribution in [1.82, 2.24) is 5.32 Å². The van der Waals surface area contributed by atoms with Crippen molar-refractivity contribution < 1.29 is 23.8 Å². The van der Waals surface area contributed by atoms with Gasteiger partial charge in [0.2, 0.25) is 0 Å². The number of hydrogen-bond donors (Lipinski definition) is 1. The fourth-order valence-electron chi connectivity index (χ4n) is 2.27. The molecule has 0 aliphatic carbocycles. The Balaban J connectivity index is 1.42. The van der Waals surface area contributed by atoms with Gasteiger partial charge in [-0.05, 0) is 30.3 Å². The second-order valence-corrected chi connectivity index (χ2v) is 6.30. The van der Waals surface area contributed by atoms with Crippen molar-refractivity contribution in [1.29, 1.82) is 0 Å². The van der Waals surface area contributed by atoms with E-state index in [4.69, 9.17) is 14.2 Å². The van der Waals surface area contributed by atoms with Crippen molar-refractivity contribution in [2.45, 2.75) is 6.10 Å². The molecule has 7 heteroatoms. The second kappa shape index (κ2) is 8.02. The summed E-state index contributed by atoms with van der Waals surface area (Å²) in [6.45, 7) is 0.256. The van der Waals surface area contributed by atoms with E-state index in [1.165, 1.54) is 0 Å². The number of nitrogens with one attached hydrogen (secondary N) is 1. The maximum absolute atomic E-state index is 11.9. The molecule has 0 radical (unpaired) electrons. The molecule has 1 aliphatic heterocycles. The molecular weight excluding hydrogens is 390 g/mol. The summed E-state index contributed by atoms with van der Waals surface area (Å²) in [5, 5.41) is 2.67. The molecule has 1 atom stereocenters. The highest BCUT2D eigenvalue weighted by molar-refractivity contribution is 9.10. The van der Waals surface area contributed by atoms with Crippen molar-refractivity contribution in [2.75, 3.05) is 19.8 Å². The minimum atomic E-state index is -0.553. The van der Waals surface area contributed by atoms with Gasteiger partial charge in [0.15, 0.2) is 18.1 Å². The molecule has 0 saturated heterocycles. The number of benzene rings is 2. The second-order valence-electron chi connectivity index (χ2n) is 5.39. The van der Waals surface area contributed by atoms with Gasteiger partial charge in [-0.25, -0.2) is 4.79 Å². The van der Waals surface area contributed by atoms with Crippen LogP contribution < -0.4 is 14.8 Å². The summed E-state index contributed by atoms with van der Waals surface area (Å²) in [5.41, 5.74) is 0.378. The van der Waals surface area contributed by atoms with Crippen LogP contribution in [0.15, 0.2) is 53.0 Å². The summed E-state index contributed by atoms with van der Waals surface area (Å²) in [6, 6.07) is 14.1. The van der Waals surface area contributed by atoms with Gasteiger partial charge in [-0.1, -0.05) is 34.1 Å². The van der Waals surface area contributed by atoms with Crippen molar-refractivity contribution in [3.63, 3.8) is 0 Å². The van der Waals surface area contributed by atoms with Crippen LogP contribution in [-0.2, 0) is 9.53 Å². The summed E-state index contributed by atoms with van der Waals surface area (Å²) < 4.78 is 17.1. The largest absolute Gasteiger partial charge is 0.486 e. The lowest BCUT2D eigenvalue weighted by atomic mass is 10.2. The third-order valence-electron chi connectivity index (χ3n) is 3.49. The molecule has 3 rings (SSSR count). The Morgan fingerprint density at radius 3 is 2.76 bits per heavy atom. The quantitative estimate of drug-likeness (QED) is 0.773. The first-order chi connectivity index (χ1) is 12.1. The van der Waals surface area contributed by atoms with E-state index in [9.17, 15) is 9.59 Å². The zero-order valence-electron chi connectivity index (χ0n) is 13.2. The normalized spacial score (nSPS) is 15.3. The SMILES string of the molecule is O=C(COC(=O)c1cccc(Br)c1)NC[C@@H]1COc2ccccc2O1. The molecule has 25 heavy (non-hydrogen) atoms. The van der Waals surface area contributed by atoms with Gasteiger partial charge in [0.05, 0.1) is 12.1 Å². The van der Waals surface area contributed by atoms with Crippen LogP contribution >= 0.6 is 15.9 Å². The number of para-hydroxylation sites is 2. The Hall–Kier alpha value is -2.54.